The van der Waals surface area contributed by atoms with Crippen LogP contribution in [0.1, 0.15) is 24.1 Å². The molecule has 4 nitrogen and oxygen atoms in total. The van der Waals surface area contributed by atoms with Crippen LogP contribution in [0.25, 0.3) is 0 Å². The molecule has 0 saturated heterocycles. The van der Waals surface area contributed by atoms with Crippen LogP contribution in [-0.2, 0) is 0 Å². The van der Waals surface area contributed by atoms with Crippen LogP contribution in [0.5, 0.6) is 0 Å². The zero-order valence-corrected chi connectivity index (χ0v) is 12.3. The van der Waals surface area contributed by atoms with E-state index in [0.29, 0.717) is 0 Å². The first-order valence-electron chi connectivity index (χ1n) is 5.84. The maximum absolute atomic E-state index is 11.9. The summed E-state index contributed by atoms with van der Waals surface area (Å²) in [6.45, 7) is 3.77. The lowest BCUT2D eigenvalue weighted by molar-refractivity contribution is 0.199. The van der Waals surface area contributed by atoms with Gasteiger partial charge in [0, 0.05) is 4.47 Å². The van der Waals surface area contributed by atoms with E-state index in [1.54, 1.807) is 6.92 Å². The summed E-state index contributed by atoms with van der Waals surface area (Å²) in [5.41, 5.74) is 7.88. The topological polar surface area (TPSA) is 58.7 Å². The Hall–Kier alpha value is -1.80. The number of hydrogen-bond donors (Lipinski definition) is 1. The summed E-state index contributed by atoms with van der Waals surface area (Å²) in [7, 11) is 0. The second-order valence-corrected chi connectivity index (χ2v) is 5.33. The standard InChI is InChI=1S/C14H14BrN3O/c1-4-9(3)18-12(13(16)17-14(18)19)10-6-5-8(2)11(15)7-10/h1,5-7,9,12H,2-3H3,(H2,16,17,19). The smallest absolute Gasteiger partial charge is 0.347 e. The van der Waals surface area contributed by atoms with E-state index >= 15 is 0 Å². The average Bonchev–Trinajstić information content (AvgIpc) is 2.67. The number of amidine groups is 1. The highest BCUT2D eigenvalue weighted by molar-refractivity contribution is 9.10. The Kier molecular flexibility index (Phi) is 3.63. The minimum absolute atomic E-state index is 0.280. The van der Waals surface area contributed by atoms with Crippen LogP contribution < -0.4 is 5.73 Å². The number of hydrogen-bond acceptors (Lipinski definition) is 2. The van der Waals surface area contributed by atoms with Gasteiger partial charge in [0.05, 0.1) is 6.04 Å². The van der Waals surface area contributed by atoms with Crippen molar-refractivity contribution in [3.05, 3.63) is 33.8 Å². The molecule has 0 aliphatic carbocycles. The van der Waals surface area contributed by atoms with Gasteiger partial charge in [0.2, 0.25) is 0 Å². The number of benzene rings is 1. The fourth-order valence-corrected chi connectivity index (χ4v) is 2.46. The first kappa shape index (κ1) is 13.6. The predicted octanol–water partition coefficient (Wildman–Crippen LogP) is 2.61. The Balaban J connectivity index is 2.46. The lowest BCUT2D eigenvalue weighted by Gasteiger charge is -2.27. The first-order chi connectivity index (χ1) is 8.95. The molecule has 0 radical (unpaired) electrons. The van der Waals surface area contributed by atoms with Crippen molar-refractivity contribution in [1.82, 2.24) is 4.90 Å². The third-order valence-corrected chi connectivity index (χ3v) is 4.03. The molecule has 2 rings (SSSR count). The van der Waals surface area contributed by atoms with E-state index in [0.717, 1.165) is 15.6 Å². The van der Waals surface area contributed by atoms with Crippen LogP contribution >= 0.6 is 15.9 Å². The highest BCUT2D eigenvalue weighted by atomic mass is 79.9. The number of rotatable bonds is 2. The Labute approximate surface area is 120 Å². The Bertz CT molecular complexity index is 603. The van der Waals surface area contributed by atoms with E-state index in [2.05, 4.69) is 26.8 Å². The van der Waals surface area contributed by atoms with Gasteiger partial charge < -0.3 is 5.73 Å². The summed E-state index contributed by atoms with van der Waals surface area (Å²) in [5, 5.41) is 0. The fourth-order valence-electron chi connectivity index (χ4n) is 2.06. The monoisotopic (exact) mass is 319 g/mol. The molecule has 0 saturated carbocycles. The quantitative estimate of drug-likeness (QED) is 0.852. The molecular formula is C14H14BrN3O. The third kappa shape index (κ3) is 2.36. The number of halogens is 1. The largest absolute Gasteiger partial charge is 0.385 e. The van der Waals surface area contributed by atoms with Crippen LogP contribution in [0, 0.1) is 19.3 Å². The fraction of sp³-hybridized carbons (Fsp3) is 0.286. The number of amides is 2. The van der Waals surface area contributed by atoms with Gasteiger partial charge in [-0.2, -0.15) is 4.99 Å². The van der Waals surface area contributed by atoms with Gasteiger partial charge in [0.1, 0.15) is 11.9 Å². The molecule has 1 aliphatic rings. The van der Waals surface area contributed by atoms with E-state index in [4.69, 9.17) is 12.2 Å². The number of nitrogens with two attached hydrogens (primary N) is 1. The minimum Gasteiger partial charge on any atom is -0.385 e. The molecule has 19 heavy (non-hydrogen) atoms. The van der Waals surface area contributed by atoms with Gasteiger partial charge in [-0.15, -0.1) is 6.42 Å². The van der Waals surface area contributed by atoms with Crippen molar-refractivity contribution in [3.8, 4) is 12.3 Å². The Morgan fingerprint density at radius 2 is 2.26 bits per heavy atom. The van der Waals surface area contributed by atoms with Crippen molar-refractivity contribution in [2.45, 2.75) is 25.9 Å². The summed E-state index contributed by atoms with van der Waals surface area (Å²) in [6, 6.07) is 4.70. The number of carbonyl (C=O) groups excluding carboxylic acids is 1. The minimum atomic E-state index is -0.393. The number of carbonyl (C=O) groups is 1. The van der Waals surface area contributed by atoms with Crippen molar-refractivity contribution in [3.63, 3.8) is 0 Å². The van der Waals surface area contributed by atoms with Gasteiger partial charge in [0.15, 0.2) is 0 Å². The lowest BCUT2D eigenvalue weighted by atomic mass is 10.0. The molecule has 1 aromatic carbocycles. The zero-order chi connectivity index (χ0) is 14.2. The molecule has 5 heteroatoms. The first-order valence-corrected chi connectivity index (χ1v) is 6.63. The molecule has 0 aromatic heterocycles. The lowest BCUT2D eigenvalue weighted by Crippen LogP contribution is -2.39. The molecule has 1 aliphatic heterocycles. The van der Waals surface area contributed by atoms with Crippen molar-refractivity contribution in [1.29, 1.82) is 0 Å². The van der Waals surface area contributed by atoms with E-state index in [1.165, 1.54) is 4.90 Å². The maximum Gasteiger partial charge on any atom is 0.347 e. The molecular weight excluding hydrogens is 306 g/mol. The highest BCUT2D eigenvalue weighted by Crippen LogP contribution is 2.31. The molecule has 0 bridgehead atoms. The maximum atomic E-state index is 11.9. The molecule has 98 valence electrons. The summed E-state index contributed by atoms with van der Waals surface area (Å²) in [5.74, 6) is 2.83. The summed E-state index contributed by atoms with van der Waals surface area (Å²) in [6.07, 6.45) is 5.41. The molecule has 2 N–H and O–H groups in total. The van der Waals surface area contributed by atoms with Gasteiger partial charge in [-0.25, -0.2) is 4.79 Å². The molecule has 1 aromatic rings. The van der Waals surface area contributed by atoms with E-state index in [1.807, 2.05) is 25.1 Å². The number of urea groups is 1. The summed E-state index contributed by atoms with van der Waals surface area (Å²) >= 11 is 3.48. The van der Waals surface area contributed by atoms with E-state index < -0.39 is 6.04 Å². The van der Waals surface area contributed by atoms with Crippen LogP contribution in [0.2, 0.25) is 0 Å². The second kappa shape index (κ2) is 5.06. The van der Waals surface area contributed by atoms with Crippen LogP contribution in [0.4, 0.5) is 4.79 Å². The van der Waals surface area contributed by atoms with Crippen molar-refractivity contribution < 1.29 is 4.79 Å². The average molecular weight is 320 g/mol. The summed E-state index contributed by atoms with van der Waals surface area (Å²) in [4.78, 5) is 17.2. The number of aliphatic imine (C=N–C) groups is 1. The van der Waals surface area contributed by atoms with Gasteiger partial charge in [0.25, 0.3) is 0 Å². The SMILES string of the molecule is C#CC(C)N1C(=O)N=C(N)C1c1ccc(C)c(Br)c1. The molecule has 0 fully saturated rings. The van der Waals surface area contributed by atoms with Crippen molar-refractivity contribution in [2.24, 2.45) is 10.7 Å². The molecule has 1 heterocycles. The van der Waals surface area contributed by atoms with Crippen LogP contribution in [0.15, 0.2) is 27.7 Å². The number of aryl methyl sites for hydroxylation is 1. The van der Waals surface area contributed by atoms with Gasteiger partial charge in [-0.3, -0.25) is 4.90 Å². The van der Waals surface area contributed by atoms with Crippen LogP contribution in [0.3, 0.4) is 0 Å². The third-order valence-electron chi connectivity index (χ3n) is 3.17. The Morgan fingerprint density at radius 1 is 1.58 bits per heavy atom. The summed E-state index contributed by atoms with van der Waals surface area (Å²) < 4.78 is 0.963. The normalized spacial score (nSPS) is 20.1. The zero-order valence-electron chi connectivity index (χ0n) is 10.7. The Morgan fingerprint density at radius 3 is 2.84 bits per heavy atom. The van der Waals surface area contributed by atoms with Crippen molar-refractivity contribution in [2.75, 3.05) is 0 Å². The van der Waals surface area contributed by atoms with Gasteiger partial charge in [-0.1, -0.05) is 34.0 Å². The molecule has 2 unspecified atom stereocenters. The predicted molar refractivity (Wildman–Crippen MR) is 78.8 cm³/mol. The highest BCUT2D eigenvalue weighted by Gasteiger charge is 2.37. The van der Waals surface area contributed by atoms with E-state index in [9.17, 15) is 4.79 Å². The second-order valence-electron chi connectivity index (χ2n) is 4.48. The molecule has 2 amide bonds. The number of terminal acetylenes is 1. The van der Waals surface area contributed by atoms with Crippen LogP contribution in [-0.4, -0.2) is 22.8 Å². The molecule has 2 atom stereocenters. The van der Waals surface area contributed by atoms with E-state index in [-0.39, 0.29) is 17.9 Å². The number of nitrogens with zero attached hydrogens (tertiary/aromatic N) is 2. The molecule has 0 spiro atoms. The van der Waals surface area contributed by atoms with Crippen molar-refractivity contribution >= 4 is 27.8 Å². The van der Waals surface area contributed by atoms with Gasteiger partial charge >= 0.3 is 6.03 Å². The van der Waals surface area contributed by atoms with Gasteiger partial charge in [-0.05, 0) is 31.0 Å².